The van der Waals surface area contributed by atoms with Crippen LogP contribution in [0.25, 0.3) is 22.1 Å². The van der Waals surface area contributed by atoms with Crippen molar-refractivity contribution in [1.29, 1.82) is 0 Å². The highest BCUT2D eigenvalue weighted by Gasteiger charge is 2.22. The maximum Gasteiger partial charge on any atom is 0.341 e. The first-order valence-electron chi connectivity index (χ1n) is 10.7. The second-order valence-electron chi connectivity index (χ2n) is 7.74. The van der Waals surface area contributed by atoms with Crippen molar-refractivity contribution in [2.24, 2.45) is 0 Å². The summed E-state index contributed by atoms with van der Waals surface area (Å²) in [5.41, 5.74) is 7.52. The first kappa shape index (κ1) is 20.8. The number of ether oxygens (including phenoxy) is 1. The van der Waals surface area contributed by atoms with Crippen molar-refractivity contribution < 1.29 is 9.53 Å². The standard InChI is InChI=1S/C25H28N4O2/c1-7-20-15(3)16(4)28(26-20)22-13-9-12-19-18(22)11-10-14-23(19)29-17(5)24(25(30)31-6)21(8-2)27-29/h9-14H,7-8H2,1-6H3. The Hall–Kier alpha value is -3.41. The van der Waals surface area contributed by atoms with Gasteiger partial charge in [-0.25, -0.2) is 14.2 Å². The molecule has 0 aliphatic rings. The third kappa shape index (κ3) is 3.23. The summed E-state index contributed by atoms with van der Waals surface area (Å²) in [5, 5.41) is 11.8. The number of benzene rings is 2. The van der Waals surface area contributed by atoms with Crippen LogP contribution in [0, 0.1) is 20.8 Å². The molecule has 2 heterocycles. The molecule has 0 N–H and O–H groups in total. The lowest BCUT2D eigenvalue weighted by molar-refractivity contribution is 0.0598. The van der Waals surface area contributed by atoms with E-state index < -0.39 is 0 Å². The minimum absolute atomic E-state index is 0.351. The summed E-state index contributed by atoms with van der Waals surface area (Å²) in [6, 6.07) is 12.4. The molecule has 4 aromatic rings. The summed E-state index contributed by atoms with van der Waals surface area (Å²) < 4.78 is 8.90. The molecule has 0 radical (unpaired) electrons. The molecule has 6 heteroatoms. The van der Waals surface area contributed by atoms with Crippen LogP contribution in [0.4, 0.5) is 0 Å². The third-order valence-corrected chi connectivity index (χ3v) is 6.09. The Balaban J connectivity index is 1.97. The molecule has 0 spiro atoms. The Kier molecular flexibility index (Phi) is 5.39. The maximum atomic E-state index is 12.4. The van der Waals surface area contributed by atoms with Crippen LogP contribution in [0.5, 0.6) is 0 Å². The number of hydrogen-bond acceptors (Lipinski definition) is 4. The van der Waals surface area contributed by atoms with Gasteiger partial charge >= 0.3 is 5.97 Å². The fraction of sp³-hybridized carbons (Fsp3) is 0.320. The van der Waals surface area contributed by atoms with E-state index in [0.29, 0.717) is 12.0 Å². The number of aryl methyl sites for hydroxylation is 2. The van der Waals surface area contributed by atoms with Crippen LogP contribution in [-0.2, 0) is 17.6 Å². The summed E-state index contributed by atoms with van der Waals surface area (Å²) in [6.45, 7) is 10.3. The van der Waals surface area contributed by atoms with Crippen LogP contribution in [-0.4, -0.2) is 32.6 Å². The van der Waals surface area contributed by atoms with Gasteiger partial charge < -0.3 is 4.74 Å². The fourth-order valence-corrected chi connectivity index (χ4v) is 4.27. The predicted molar refractivity (Wildman–Crippen MR) is 122 cm³/mol. The quantitative estimate of drug-likeness (QED) is 0.427. The van der Waals surface area contributed by atoms with E-state index in [1.807, 2.05) is 41.4 Å². The zero-order chi connectivity index (χ0) is 22.3. The van der Waals surface area contributed by atoms with E-state index >= 15 is 0 Å². The smallest absolute Gasteiger partial charge is 0.341 e. The van der Waals surface area contributed by atoms with Gasteiger partial charge in [0, 0.05) is 16.5 Å². The van der Waals surface area contributed by atoms with E-state index in [1.54, 1.807) is 0 Å². The van der Waals surface area contributed by atoms with E-state index in [2.05, 4.69) is 39.0 Å². The van der Waals surface area contributed by atoms with Gasteiger partial charge in [-0.2, -0.15) is 10.2 Å². The average molecular weight is 417 g/mol. The van der Waals surface area contributed by atoms with Gasteiger partial charge in [0.05, 0.1) is 35.6 Å². The zero-order valence-electron chi connectivity index (χ0n) is 19.0. The van der Waals surface area contributed by atoms with Crippen LogP contribution in [0.3, 0.4) is 0 Å². The highest BCUT2D eigenvalue weighted by molar-refractivity contribution is 5.97. The monoisotopic (exact) mass is 416 g/mol. The Morgan fingerprint density at radius 3 is 1.84 bits per heavy atom. The van der Waals surface area contributed by atoms with Crippen molar-refractivity contribution >= 4 is 16.7 Å². The van der Waals surface area contributed by atoms with E-state index in [1.165, 1.54) is 12.7 Å². The summed E-state index contributed by atoms with van der Waals surface area (Å²) in [7, 11) is 1.40. The summed E-state index contributed by atoms with van der Waals surface area (Å²) in [6.07, 6.45) is 1.55. The van der Waals surface area contributed by atoms with Crippen LogP contribution < -0.4 is 0 Å². The Morgan fingerprint density at radius 2 is 1.35 bits per heavy atom. The predicted octanol–water partition coefficient (Wildman–Crippen LogP) is 5.05. The Bertz CT molecular complexity index is 1300. The Labute approximate surface area is 182 Å². The molecule has 6 nitrogen and oxygen atoms in total. The first-order chi connectivity index (χ1) is 14.9. The van der Waals surface area contributed by atoms with E-state index in [9.17, 15) is 4.79 Å². The normalized spacial score (nSPS) is 11.3. The molecule has 0 aliphatic heterocycles. The molecule has 31 heavy (non-hydrogen) atoms. The zero-order valence-corrected chi connectivity index (χ0v) is 19.0. The van der Waals surface area contributed by atoms with Gasteiger partial charge in [0.2, 0.25) is 0 Å². The lowest BCUT2D eigenvalue weighted by Gasteiger charge is -2.13. The molecule has 0 aliphatic carbocycles. The molecule has 160 valence electrons. The van der Waals surface area contributed by atoms with Gasteiger partial charge in [0.15, 0.2) is 0 Å². The highest BCUT2D eigenvalue weighted by Crippen LogP contribution is 2.30. The van der Waals surface area contributed by atoms with E-state index in [4.69, 9.17) is 14.9 Å². The number of nitrogens with zero attached hydrogens (tertiary/aromatic N) is 4. The topological polar surface area (TPSA) is 61.9 Å². The minimum Gasteiger partial charge on any atom is -0.465 e. The number of rotatable bonds is 5. The molecule has 0 saturated carbocycles. The van der Waals surface area contributed by atoms with Crippen LogP contribution in [0.15, 0.2) is 36.4 Å². The van der Waals surface area contributed by atoms with Crippen molar-refractivity contribution in [1.82, 2.24) is 19.6 Å². The van der Waals surface area contributed by atoms with Crippen LogP contribution >= 0.6 is 0 Å². The van der Waals surface area contributed by atoms with Gasteiger partial charge in [-0.3, -0.25) is 0 Å². The lowest BCUT2D eigenvalue weighted by Crippen LogP contribution is -2.06. The minimum atomic E-state index is -0.351. The summed E-state index contributed by atoms with van der Waals surface area (Å²) in [4.78, 5) is 12.4. The second kappa shape index (κ2) is 8.02. The molecule has 0 bridgehead atoms. The van der Waals surface area contributed by atoms with Crippen molar-refractivity contribution in [2.45, 2.75) is 47.5 Å². The third-order valence-electron chi connectivity index (χ3n) is 6.09. The van der Waals surface area contributed by atoms with Gasteiger partial charge in [-0.05, 0) is 51.3 Å². The number of hydrogen-bond donors (Lipinski definition) is 0. The second-order valence-corrected chi connectivity index (χ2v) is 7.74. The first-order valence-corrected chi connectivity index (χ1v) is 10.7. The summed E-state index contributed by atoms with van der Waals surface area (Å²) >= 11 is 0. The van der Waals surface area contributed by atoms with E-state index in [0.717, 1.165) is 51.3 Å². The Morgan fingerprint density at radius 1 is 0.839 bits per heavy atom. The molecule has 2 aromatic carbocycles. The van der Waals surface area contributed by atoms with Crippen molar-refractivity contribution in [3.05, 3.63) is 70.3 Å². The van der Waals surface area contributed by atoms with Gasteiger partial charge in [-0.15, -0.1) is 0 Å². The van der Waals surface area contributed by atoms with E-state index in [-0.39, 0.29) is 5.97 Å². The van der Waals surface area contributed by atoms with Gasteiger partial charge in [0.25, 0.3) is 0 Å². The van der Waals surface area contributed by atoms with Gasteiger partial charge in [-0.1, -0.05) is 38.1 Å². The van der Waals surface area contributed by atoms with Crippen molar-refractivity contribution in [3.8, 4) is 11.4 Å². The van der Waals surface area contributed by atoms with Crippen LogP contribution in [0.1, 0.15) is 52.5 Å². The molecule has 4 rings (SSSR count). The molecule has 0 atom stereocenters. The fourth-order valence-electron chi connectivity index (χ4n) is 4.27. The molecular weight excluding hydrogens is 388 g/mol. The van der Waals surface area contributed by atoms with Gasteiger partial charge in [0.1, 0.15) is 5.56 Å². The van der Waals surface area contributed by atoms with Crippen molar-refractivity contribution in [2.75, 3.05) is 7.11 Å². The number of fused-ring (bicyclic) bond motifs is 1. The SMILES string of the molecule is CCc1nn(-c2cccc3c(-n4nc(CC)c(C(=O)OC)c4C)cccc23)c(C)c1C. The molecule has 0 fully saturated rings. The molecule has 0 saturated heterocycles. The summed E-state index contributed by atoms with van der Waals surface area (Å²) in [5.74, 6) is -0.351. The number of carbonyl (C=O) groups is 1. The number of esters is 1. The molecule has 0 amide bonds. The molecular formula is C25H28N4O2. The lowest BCUT2D eigenvalue weighted by atomic mass is 10.1. The number of carbonyl (C=O) groups excluding carboxylic acids is 1. The maximum absolute atomic E-state index is 12.4. The van der Waals surface area contributed by atoms with Crippen LogP contribution in [0.2, 0.25) is 0 Å². The molecule has 0 unspecified atom stereocenters. The number of methoxy groups -OCH3 is 1. The molecule has 2 aromatic heterocycles. The highest BCUT2D eigenvalue weighted by atomic mass is 16.5. The largest absolute Gasteiger partial charge is 0.465 e. The van der Waals surface area contributed by atoms with Crippen molar-refractivity contribution in [3.63, 3.8) is 0 Å². The number of aromatic nitrogens is 4. The average Bonchev–Trinajstić information content (AvgIpc) is 3.28.